The summed E-state index contributed by atoms with van der Waals surface area (Å²) < 4.78 is 29.1. The lowest BCUT2D eigenvalue weighted by atomic mass is 10.1. The van der Waals surface area contributed by atoms with Crippen molar-refractivity contribution < 1.29 is 12.6 Å². The van der Waals surface area contributed by atoms with Crippen LogP contribution in [0.1, 0.15) is 11.7 Å². The van der Waals surface area contributed by atoms with Crippen molar-refractivity contribution in [2.45, 2.75) is 11.0 Å². The summed E-state index contributed by atoms with van der Waals surface area (Å²) in [6.45, 7) is 0. The summed E-state index contributed by atoms with van der Waals surface area (Å²) >= 11 is 5.95. The first-order valence-electron chi connectivity index (χ1n) is 5.67. The highest BCUT2D eigenvalue weighted by Crippen LogP contribution is 2.28. The molecular weight excluding hydrogens is 298 g/mol. The van der Waals surface area contributed by atoms with Crippen LogP contribution < -0.4 is 0 Å². The summed E-state index contributed by atoms with van der Waals surface area (Å²) in [5.74, 6) is 0. The molecule has 0 unspecified atom stereocenters. The first kappa shape index (κ1) is 14.5. The Hall–Kier alpha value is -1.87. The fourth-order valence-corrected chi connectivity index (χ4v) is 2.84. The minimum atomic E-state index is -4.02. The first-order valence-corrected chi connectivity index (χ1v) is 7.45. The molecule has 0 aliphatic rings. The molecule has 0 aliphatic heterocycles. The van der Waals surface area contributed by atoms with Gasteiger partial charge >= 0.3 is 0 Å². The normalized spacial score (nSPS) is 12.6. The van der Waals surface area contributed by atoms with E-state index in [4.69, 9.17) is 21.0 Å². The fourth-order valence-electron chi connectivity index (χ4n) is 1.60. The third-order valence-electron chi connectivity index (χ3n) is 2.56. The van der Waals surface area contributed by atoms with Crippen molar-refractivity contribution in [2.24, 2.45) is 0 Å². The highest BCUT2D eigenvalue weighted by atomic mass is 35.5. The van der Waals surface area contributed by atoms with Crippen molar-refractivity contribution in [1.82, 2.24) is 0 Å². The van der Waals surface area contributed by atoms with E-state index in [1.165, 1.54) is 12.1 Å². The van der Waals surface area contributed by atoms with Crippen LogP contribution in [-0.4, -0.2) is 8.42 Å². The van der Waals surface area contributed by atoms with Gasteiger partial charge in [0.2, 0.25) is 0 Å². The second-order valence-corrected chi connectivity index (χ2v) is 5.87. The van der Waals surface area contributed by atoms with Crippen molar-refractivity contribution in [2.75, 3.05) is 0 Å². The summed E-state index contributed by atoms with van der Waals surface area (Å²) in [4.78, 5) is -0.00713. The summed E-state index contributed by atoms with van der Waals surface area (Å²) in [5.41, 5.74) is 0.316. The van der Waals surface area contributed by atoms with Gasteiger partial charge in [0.25, 0.3) is 10.1 Å². The zero-order valence-electron chi connectivity index (χ0n) is 10.2. The van der Waals surface area contributed by atoms with Crippen molar-refractivity contribution in [3.05, 3.63) is 65.2 Å². The molecule has 20 heavy (non-hydrogen) atoms. The van der Waals surface area contributed by atoms with Crippen LogP contribution in [0.25, 0.3) is 0 Å². The van der Waals surface area contributed by atoms with Gasteiger partial charge in [0, 0.05) is 10.6 Å². The Bertz CT molecular complexity index is 739. The minimum Gasteiger partial charge on any atom is -0.243 e. The summed E-state index contributed by atoms with van der Waals surface area (Å²) in [6.07, 6.45) is -1.28. The number of halogens is 1. The standard InChI is InChI=1S/C14H10ClNO3S/c15-13-9-5-4-8-12(13)14(10-16)19-20(17,18)11-6-2-1-3-7-11/h1-9,14H/t14-/m1/s1. The minimum absolute atomic E-state index is 0.00713. The lowest BCUT2D eigenvalue weighted by Crippen LogP contribution is -2.11. The molecule has 1 atom stereocenters. The molecule has 0 N–H and O–H groups in total. The molecule has 2 rings (SSSR count). The third kappa shape index (κ3) is 3.17. The molecule has 4 nitrogen and oxygen atoms in total. The van der Waals surface area contributed by atoms with E-state index in [1.54, 1.807) is 48.5 Å². The maximum atomic E-state index is 12.1. The van der Waals surface area contributed by atoms with Gasteiger partial charge in [-0.3, -0.25) is 0 Å². The Morgan fingerprint density at radius 1 is 1.05 bits per heavy atom. The second-order valence-electron chi connectivity index (χ2n) is 3.89. The van der Waals surface area contributed by atoms with Gasteiger partial charge in [0.05, 0.1) is 4.90 Å². The predicted molar refractivity (Wildman–Crippen MR) is 74.5 cm³/mol. The molecule has 0 heterocycles. The van der Waals surface area contributed by atoms with Crippen molar-refractivity contribution >= 4 is 21.7 Å². The molecule has 0 aliphatic carbocycles. The number of hydrogen-bond acceptors (Lipinski definition) is 4. The first-order chi connectivity index (χ1) is 9.54. The highest BCUT2D eigenvalue weighted by molar-refractivity contribution is 7.86. The van der Waals surface area contributed by atoms with Gasteiger partial charge in [0.1, 0.15) is 6.07 Å². The molecule has 0 spiro atoms. The molecule has 102 valence electrons. The molecule has 0 fully saturated rings. The zero-order valence-corrected chi connectivity index (χ0v) is 11.8. The Kier molecular flexibility index (Phi) is 4.40. The number of hydrogen-bond donors (Lipinski definition) is 0. The molecule has 0 saturated heterocycles. The molecule has 0 bridgehead atoms. The lowest BCUT2D eigenvalue weighted by molar-refractivity contribution is 0.268. The Labute approximate surface area is 122 Å². The number of rotatable bonds is 4. The van der Waals surface area contributed by atoms with Gasteiger partial charge < -0.3 is 0 Å². The Morgan fingerprint density at radius 2 is 1.65 bits per heavy atom. The SMILES string of the molecule is N#C[C@@H](OS(=O)(=O)c1ccccc1)c1ccccc1Cl. The van der Waals surface area contributed by atoms with Crippen LogP contribution in [0.4, 0.5) is 0 Å². The van der Waals surface area contributed by atoms with E-state index in [0.29, 0.717) is 5.56 Å². The van der Waals surface area contributed by atoms with Crippen molar-refractivity contribution in [3.8, 4) is 6.07 Å². The van der Waals surface area contributed by atoms with Crippen molar-refractivity contribution in [3.63, 3.8) is 0 Å². The van der Waals surface area contributed by atoms with Gasteiger partial charge in [-0.2, -0.15) is 13.7 Å². The summed E-state index contributed by atoms with van der Waals surface area (Å²) in [5, 5.41) is 9.40. The van der Waals surface area contributed by atoms with E-state index in [-0.39, 0.29) is 9.92 Å². The maximum absolute atomic E-state index is 12.1. The van der Waals surface area contributed by atoms with E-state index >= 15 is 0 Å². The maximum Gasteiger partial charge on any atom is 0.298 e. The summed E-state index contributed by atoms with van der Waals surface area (Å²) in [6, 6.07) is 15.9. The molecular formula is C14H10ClNO3S. The van der Waals surface area contributed by atoms with Crippen LogP contribution in [-0.2, 0) is 14.3 Å². The molecule has 2 aromatic carbocycles. The monoisotopic (exact) mass is 307 g/mol. The molecule has 0 amide bonds. The molecule has 0 saturated carbocycles. The number of nitriles is 1. The predicted octanol–water partition coefficient (Wildman–Crippen LogP) is 3.31. The highest BCUT2D eigenvalue weighted by Gasteiger charge is 2.24. The Morgan fingerprint density at radius 3 is 2.25 bits per heavy atom. The van der Waals surface area contributed by atoms with Crippen LogP contribution in [0.5, 0.6) is 0 Å². The van der Waals surface area contributed by atoms with Gasteiger partial charge in [0.15, 0.2) is 6.10 Å². The molecule has 6 heteroatoms. The number of benzene rings is 2. The van der Waals surface area contributed by atoms with E-state index in [0.717, 1.165) is 0 Å². The molecule has 0 aromatic heterocycles. The topological polar surface area (TPSA) is 67.2 Å². The average Bonchev–Trinajstić information content (AvgIpc) is 2.46. The molecule has 2 aromatic rings. The third-order valence-corrected chi connectivity index (χ3v) is 4.20. The van der Waals surface area contributed by atoms with Crippen LogP contribution in [0.3, 0.4) is 0 Å². The van der Waals surface area contributed by atoms with Crippen LogP contribution in [0.15, 0.2) is 59.5 Å². The van der Waals surface area contributed by atoms with E-state index in [9.17, 15) is 8.42 Å². The molecule has 0 radical (unpaired) electrons. The van der Waals surface area contributed by atoms with Gasteiger partial charge in [-0.05, 0) is 18.2 Å². The van der Waals surface area contributed by atoms with Crippen LogP contribution in [0.2, 0.25) is 5.02 Å². The van der Waals surface area contributed by atoms with E-state index < -0.39 is 16.2 Å². The van der Waals surface area contributed by atoms with Crippen LogP contribution >= 0.6 is 11.6 Å². The van der Waals surface area contributed by atoms with E-state index in [1.807, 2.05) is 0 Å². The largest absolute Gasteiger partial charge is 0.298 e. The van der Waals surface area contributed by atoms with Crippen LogP contribution in [0, 0.1) is 11.3 Å². The quantitative estimate of drug-likeness (QED) is 0.813. The van der Waals surface area contributed by atoms with Gasteiger partial charge in [-0.25, -0.2) is 4.18 Å². The number of nitrogens with zero attached hydrogens (tertiary/aromatic N) is 1. The van der Waals surface area contributed by atoms with Gasteiger partial charge in [-0.1, -0.05) is 48.0 Å². The smallest absolute Gasteiger partial charge is 0.243 e. The summed E-state index contributed by atoms with van der Waals surface area (Å²) in [7, 11) is -4.02. The zero-order chi connectivity index (χ0) is 14.6. The fraction of sp³-hybridized carbons (Fsp3) is 0.0714. The second kappa shape index (κ2) is 6.06. The van der Waals surface area contributed by atoms with Crippen molar-refractivity contribution in [1.29, 1.82) is 5.26 Å². The lowest BCUT2D eigenvalue weighted by Gasteiger charge is -2.12. The van der Waals surface area contributed by atoms with Gasteiger partial charge in [-0.15, -0.1) is 0 Å². The van der Waals surface area contributed by atoms with E-state index in [2.05, 4.69) is 0 Å². The Balaban J connectivity index is 2.33. The average molecular weight is 308 g/mol.